The fourth-order valence-electron chi connectivity index (χ4n) is 2.63. The summed E-state index contributed by atoms with van der Waals surface area (Å²) >= 11 is 0. The van der Waals surface area contributed by atoms with Crippen LogP contribution in [0, 0.1) is 5.82 Å². The Morgan fingerprint density at radius 2 is 2.10 bits per heavy atom. The van der Waals surface area contributed by atoms with Gasteiger partial charge in [-0.3, -0.25) is 0 Å². The zero-order valence-corrected chi connectivity index (χ0v) is 11.8. The molecule has 1 aliphatic rings. The Bertz CT molecular complexity index is 431. The van der Waals surface area contributed by atoms with Gasteiger partial charge in [0.1, 0.15) is 5.82 Å². The maximum atomic E-state index is 13.3. The van der Waals surface area contributed by atoms with E-state index in [1.165, 1.54) is 12.1 Å². The molecule has 1 fully saturated rings. The van der Waals surface area contributed by atoms with E-state index in [1.54, 1.807) is 13.0 Å². The fraction of sp³-hybridized carbons (Fsp3) is 0.600. The van der Waals surface area contributed by atoms with E-state index in [-0.39, 0.29) is 18.5 Å². The van der Waals surface area contributed by atoms with Crippen LogP contribution >= 0.6 is 0 Å². The van der Waals surface area contributed by atoms with Crippen molar-refractivity contribution in [1.29, 1.82) is 0 Å². The van der Waals surface area contributed by atoms with E-state index in [2.05, 4.69) is 4.90 Å². The van der Waals surface area contributed by atoms with Gasteiger partial charge < -0.3 is 19.8 Å². The minimum Gasteiger partial charge on any atom is -0.394 e. The minimum atomic E-state index is -0.691. The Morgan fingerprint density at radius 1 is 1.40 bits per heavy atom. The Hall–Kier alpha value is -1.17. The molecular formula is C15H22FNO3. The summed E-state index contributed by atoms with van der Waals surface area (Å²) in [7, 11) is 0. The van der Waals surface area contributed by atoms with E-state index in [4.69, 9.17) is 9.84 Å². The van der Waals surface area contributed by atoms with Crippen molar-refractivity contribution in [3.05, 3.63) is 29.6 Å². The third-order valence-electron chi connectivity index (χ3n) is 3.67. The van der Waals surface area contributed by atoms with Gasteiger partial charge in [0, 0.05) is 24.3 Å². The molecule has 0 spiro atoms. The Labute approximate surface area is 118 Å². The molecule has 1 aliphatic heterocycles. The molecule has 5 heteroatoms. The lowest BCUT2D eigenvalue weighted by Gasteiger charge is -2.35. The van der Waals surface area contributed by atoms with Crippen LogP contribution in [0.1, 0.15) is 31.4 Å². The maximum absolute atomic E-state index is 13.3. The molecule has 20 heavy (non-hydrogen) atoms. The van der Waals surface area contributed by atoms with Crippen LogP contribution in [0.2, 0.25) is 0 Å². The largest absolute Gasteiger partial charge is 0.394 e. The molecular weight excluding hydrogens is 261 g/mol. The van der Waals surface area contributed by atoms with Crippen LogP contribution in [0.25, 0.3) is 0 Å². The number of halogens is 1. The smallest absolute Gasteiger partial charge is 0.123 e. The molecule has 0 bridgehead atoms. The van der Waals surface area contributed by atoms with E-state index in [9.17, 15) is 9.50 Å². The second-order valence-corrected chi connectivity index (χ2v) is 5.16. The van der Waals surface area contributed by atoms with Crippen molar-refractivity contribution in [3.63, 3.8) is 0 Å². The first-order valence-corrected chi connectivity index (χ1v) is 7.06. The molecule has 1 atom stereocenters. The highest BCUT2D eigenvalue weighted by atomic mass is 19.1. The molecule has 1 heterocycles. The van der Waals surface area contributed by atoms with Gasteiger partial charge in [-0.15, -0.1) is 0 Å². The Morgan fingerprint density at radius 3 is 2.70 bits per heavy atom. The SMILES string of the molecule is C[C@H](O)c1cc(F)ccc1N1CCC(OCCO)CC1. The van der Waals surface area contributed by atoms with Gasteiger partial charge >= 0.3 is 0 Å². The first-order valence-electron chi connectivity index (χ1n) is 7.06. The fourth-order valence-corrected chi connectivity index (χ4v) is 2.63. The van der Waals surface area contributed by atoms with E-state index in [0.29, 0.717) is 12.2 Å². The molecule has 0 unspecified atom stereocenters. The number of nitrogens with zero attached hydrogens (tertiary/aromatic N) is 1. The van der Waals surface area contributed by atoms with Crippen molar-refractivity contribution in [2.24, 2.45) is 0 Å². The number of piperidine rings is 1. The lowest BCUT2D eigenvalue weighted by Crippen LogP contribution is -2.38. The molecule has 0 radical (unpaired) electrons. The van der Waals surface area contributed by atoms with E-state index in [1.807, 2.05) is 0 Å². The molecule has 0 aliphatic carbocycles. The van der Waals surface area contributed by atoms with Crippen LogP contribution in [-0.2, 0) is 4.74 Å². The number of rotatable bonds is 5. The molecule has 1 saturated heterocycles. The second kappa shape index (κ2) is 7.02. The second-order valence-electron chi connectivity index (χ2n) is 5.16. The molecule has 2 N–H and O–H groups in total. The summed E-state index contributed by atoms with van der Waals surface area (Å²) in [5.41, 5.74) is 1.52. The van der Waals surface area contributed by atoms with Crippen molar-refractivity contribution in [1.82, 2.24) is 0 Å². The average molecular weight is 283 g/mol. The van der Waals surface area contributed by atoms with E-state index in [0.717, 1.165) is 31.6 Å². The van der Waals surface area contributed by atoms with E-state index >= 15 is 0 Å². The summed E-state index contributed by atoms with van der Waals surface area (Å²) in [5, 5.41) is 18.5. The van der Waals surface area contributed by atoms with Gasteiger partial charge in [0.25, 0.3) is 0 Å². The molecule has 112 valence electrons. The monoisotopic (exact) mass is 283 g/mol. The zero-order valence-electron chi connectivity index (χ0n) is 11.8. The van der Waals surface area contributed by atoms with Crippen molar-refractivity contribution in [2.45, 2.75) is 32.0 Å². The highest BCUT2D eigenvalue weighted by Gasteiger charge is 2.22. The summed E-state index contributed by atoms with van der Waals surface area (Å²) < 4.78 is 18.8. The summed E-state index contributed by atoms with van der Waals surface area (Å²) in [6.07, 6.45) is 1.23. The Balaban J connectivity index is 2.03. The van der Waals surface area contributed by atoms with Gasteiger partial charge in [-0.05, 0) is 38.0 Å². The molecule has 0 saturated carbocycles. The van der Waals surface area contributed by atoms with Gasteiger partial charge in [0.05, 0.1) is 25.4 Å². The zero-order chi connectivity index (χ0) is 14.5. The first-order chi connectivity index (χ1) is 9.61. The summed E-state index contributed by atoms with van der Waals surface area (Å²) in [6.45, 7) is 3.68. The van der Waals surface area contributed by atoms with Crippen LogP contribution in [0.5, 0.6) is 0 Å². The predicted molar refractivity (Wildman–Crippen MR) is 75.3 cm³/mol. The van der Waals surface area contributed by atoms with Crippen molar-refractivity contribution in [2.75, 3.05) is 31.2 Å². The van der Waals surface area contributed by atoms with Gasteiger partial charge in [-0.25, -0.2) is 4.39 Å². The number of anilines is 1. The third kappa shape index (κ3) is 3.69. The topological polar surface area (TPSA) is 52.9 Å². The molecule has 0 amide bonds. The molecule has 4 nitrogen and oxygen atoms in total. The number of hydrogen-bond acceptors (Lipinski definition) is 4. The lowest BCUT2D eigenvalue weighted by atomic mass is 10.0. The van der Waals surface area contributed by atoms with Crippen molar-refractivity contribution in [3.8, 4) is 0 Å². The third-order valence-corrected chi connectivity index (χ3v) is 3.67. The first kappa shape index (κ1) is 15.2. The average Bonchev–Trinajstić information content (AvgIpc) is 2.45. The summed E-state index contributed by atoms with van der Waals surface area (Å²) in [4.78, 5) is 2.15. The van der Waals surface area contributed by atoms with Gasteiger partial charge in [-0.1, -0.05) is 0 Å². The molecule has 2 rings (SSSR count). The highest BCUT2D eigenvalue weighted by molar-refractivity contribution is 5.55. The minimum absolute atomic E-state index is 0.0460. The van der Waals surface area contributed by atoms with Gasteiger partial charge in [0.15, 0.2) is 0 Å². The van der Waals surface area contributed by atoms with Gasteiger partial charge in [0.2, 0.25) is 0 Å². The standard InChI is InChI=1S/C15H22FNO3/c1-11(19)14-10-12(16)2-3-15(14)17-6-4-13(5-7-17)20-9-8-18/h2-3,10-11,13,18-19H,4-9H2,1H3/t11-/m0/s1. The number of hydrogen-bond donors (Lipinski definition) is 2. The van der Waals surface area contributed by atoms with Crippen LogP contribution < -0.4 is 4.90 Å². The van der Waals surface area contributed by atoms with Gasteiger partial charge in [-0.2, -0.15) is 0 Å². The van der Waals surface area contributed by atoms with E-state index < -0.39 is 6.10 Å². The van der Waals surface area contributed by atoms with Crippen LogP contribution in [0.15, 0.2) is 18.2 Å². The number of ether oxygens (including phenoxy) is 1. The molecule has 1 aromatic rings. The molecule has 1 aromatic carbocycles. The summed E-state index contributed by atoms with van der Waals surface area (Å²) in [6, 6.07) is 4.55. The highest BCUT2D eigenvalue weighted by Crippen LogP contribution is 2.29. The number of aliphatic hydroxyl groups excluding tert-OH is 2. The normalized spacial score (nSPS) is 18.3. The molecule has 0 aromatic heterocycles. The Kier molecular flexibility index (Phi) is 5.34. The number of aliphatic hydroxyl groups is 2. The van der Waals surface area contributed by atoms with Crippen LogP contribution in [0.3, 0.4) is 0 Å². The van der Waals surface area contributed by atoms with Crippen LogP contribution in [-0.4, -0.2) is 42.6 Å². The van der Waals surface area contributed by atoms with Crippen molar-refractivity contribution >= 4 is 5.69 Å². The quantitative estimate of drug-likeness (QED) is 0.866. The number of benzene rings is 1. The summed E-state index contributed by atoms with van der Waals surface area (Å²) in [5.74, 6) is -0.328. The maximum Gasteiger partial charge on any atom is 0.123 e. The van der Waals surface area contributed by atoms with Crippen LogP contribution in [0.4, 0.5) is 10.1 Å². The van der Waals surface area contributed by atoms with Crippen molar-refractivity contribution < 1.29 is 19.3 Å². The predicted octanol–water partition coefficient (Wildman–Crippen LogP) is 1.86. The lowest BCUT2D eigenvalue weighted by molar-refractivity contribution is 0.0158.